The molecule has 3 aromatic rings. The summed E-state index contributed by atoms with van der Waals surface area (Å²) in [6.07, 6.45) is 5.73. The molecule has 1 saturated carbocycles. The molecule has 0 spiro atoms. The second-order valence-electron chi connectivity index (χ2n) is 6.24. The molecule has 0 aliphatic heterocycles. The highest BCUT2D eigenvalue weighted by atomic mass is 16.1. The first kappa shape index (κ1) is 14.7. The summed E-state index contributed by atoms with van der Waals surface area (Å²) in [6.45, 7) is 4.02. The first-order valence-electron chi connectivity index (χ1n) is 8.09. The van der Waals surface area contributed by atoms with Gasteiger partial charge in [-0.15, -0.1) is 0 Å². The molecule has 6 nitrogen and oxygen atoms in total. The number of aryl methyl sites for hydroxylation is 1. The van der Waals surface area contributed by atoms with Crippen LogP contribution in [0.1, 0.15) is 46.5 Å². The van der Waals surface area contributed by atoms with E-state index in [-0.39, 0.29) is 5.91 Å². The number of nitrogens with zero attached hydrogens (tertiary/aromatic N) is 3. The van der Waals surface area contributed by atoms with Crippen LogP contribution in [-0.2, 0) is 0 Å². The van der Waals surface area contributed by atoms with Crippen molar-refractivity contribution >= 4 is 11.6 Å². The van der Waals surface area contributed by atoms with E-state index in [4.69, 9.17) is 0 Å². The van der Waals surface area contributed by atoms with Gasteiger partial charge >= 0.3 is 0 Å². The van der Waals surface area contributed by atoms with E-state index in [1.165, 1.54) is 0 Å². The van der Waals surface area contributed by atoms with Crippen LogP contribution in [0.4, 0.5) is 5.69 Å². The quantitative estimate of drug-likeness (QED) is 0.774. The average molecular weight is 321 g/mol. The topological polar surface area (TPSA) is 75.6 Å². The molecule has 24 heavy (non-hydrogen) atoms. The summed E-state index contributed by atoms with van der Waals surface area (Å²) in [5.41, 5.74) is 4.39. The van der Waals surface area contributed by atoms with E-state index in [1.807, 2.05) is 49.0 Å². The molecule has 0 bridgehead atoms. The van der Waals surface area contributed by atoms with Gasteiger partial charge in [0.1, 0.15) is 11.5 Å². The third kappa shape index (κ3) is 2.71. The van der Waals surface area contributed by atoms with Crippen molar-refractivity contribution in [3.63, 3.8) is 0 Å². The number of anilines is 1. The van der Waals surface area contributed by atoms with Crippen molar-refractivity contribution in [2.24, 2.45) is 0 Å². The Labute approximate surface area is 140 Å². The largest absolute Gasteiger partial charge is 0.338 e. The van der Waals surface area contributed by atoms with E-state index in [2.05, 4.69) is 20.3 Å². The number of carbonyl (C=O) groups excluding carboxylic acids is 1. The van der Waals surface area contributed by atoms with Gasteiger partial charge in [-0.3, -0.25) is 4.79 Å². The number of amides is 1. The highest BCUT2D eigenvalue weighted by Gasteiger charge is 2.27. The van der Waals surface area contributed by atoms with Crippen molar-refractivity contribution < 1.29 is 4.79 Å². The Hall–Kier alpha value is -2.89. The van der Waals surface area contributed by atoms with Gasteiger partial charge in [0, 0.05) is 23.0 Å². The van der Waals surface area contributed by atoms with Crippen LogP contribution in [0.15, 0.2) is 36.8 Å². The predicted octanol–water partition coefficient (Wildman–Crippen LogP) is 3.34. The van der Waals surface area contributed by atoms with Gasteiger partial charge in [0.2, 0.25) is 0 Å². The molecule has 122 valence electrons. The van der Waals surface area contributed by atoms with Crippen LogP contribution in [-0.4, -0.2) is 25.4 Å². The van der Waals surface area contributed by atoms with Crippen LogP contribution in [0.25, 0.3) is 5.69 Å². The molecule has 0 radical (unpaired) electrons. The monoisotopic (exact) mass is 321 g/mol. The molecule has 0 unspecified atom stereocenters. The summed E-state index contributed by atoms with van der Waals surface area (Å²) >= 11 is 0. The van der Waals surface area contributed by atoms with Gasteiger partial charge in [-0.1, -0.05) is 0 Å². The Morgan fingerprint density at radius 2 is 1.96 bits per heavy atom. The number of hydrogen-bond acceptors (Lipinski definition) is 3. The number of nitrogens with one attached hydrogen (secondary N) is 2. The zero-order chi connectivity index (χ0) is 16.7. The molecule has 1 aromatic carbocycles. The van der Waals surface area contributed by atoms with E-state index in [1.54, 1.807) is 6.20 Å². The standard InChI is InChI=1S/C18H19N5O/c1-11-12(2)23(10-20-11)15-7-5-14(6-8-15)21-18(24)16-9-19-17(22-16)13-3-4-13/h5-10,13H,3-4H2,1-2H3,(H,19,22)(H,21,24). The van der Waals surface area contributed by atoms with Crippen molar-refractivity contribution in [2.45, 2.75) is 32.6 Å². The third-order valence-corrected chi connectivity index (χ3v) is 4.46. The van der Waals surface area contributed by atoms with Gasteiger partial charge in [-0.05, 0) is 51.0 Å². The lowest BCUT2D eigenvalue weighted by Crippen LogP contribution is -2.12. The van der Waals surface area contributed by atoms with E-state index < -0.39 is 0 Å². The van der Waals surface area contributed by atoms with Crippen molar-refractivity contribution in [1.82, 2.24) is 19.5 Å². The molecule has 2 N–H and O–H groups in total. The number of benzene rings is 1. The molecule has 0 saturated heterocycles. The second kappa shape index (κ2) is 5.63. The Kier molecular flexibility index (Phi) is 3.45. The van der Waals surface area contributed by atoms with E-state index in [0.717, 1.165) is 41.4 Å². The average Bonchev–Trinajstić information content (AvgIpc) is 3.22. The SMILES string of the molecule is Cc1ncn(-c2ccc(NC(=O)c3cnc(C4CC4)[nH]3)cc2)c1C. The summed E-state index contributed by atoms with van der Waals surface area (Å²) in [6, 6.07) is 7.71. The van der Waals surface area contributed by atoms with Crippen molar-refractivity contribution in [1.29, 1.82) is 0 Å². The second-order valence-corrected chi connectivity index (χ2v) is 6.24. The van der Waals surface area contributed by atoms with Gasteiger partial charge < -0.3 is 14.9 Å². The molecule has 1 fully saturated rings. The van der Waals surface area contributed by atoms with Gasteiger partial charge in [-0.2, -0.15) is 0 Å². The summed E-state index contributed by atoms with van der Waals surface area (Å²) in [5.74, 6) is 1.26. The fraction of sp³-hybridized carbons (Fsp3) is 0.278. The zero-order valence-corrected chi connectivity index (χ0v) is 13.7. The van der Waals surface area contributed by atoms with Crippen LogP contribution in [0.2, 0.25) is 0 Å². The van der Waals surface area contributed by atoms with Crippen LogP contribution in [0.3, 0.4) is 0 Å². The molecule has 1 aliphatic rings. The number of aromatic nitrogens is 4. The summed E-state index contributed by atoms with van der Waals surface area (Å²) in [7, 11) is 0. The molecule has 4 rings (SSSR count). The number of imidazole rings is 2. The van der Waals surface area contributed by atoms with Crippen LogP contribution < -0.4 is 5.32 Å². The summed E-state index contributed by atoms with van der Waals surface area (Å²) in [5, 5.41) is 2.89. The van der Waals surface area contributed by atoms with Gasteiger partial charge in [-0.25, -0.2) is 9.97 Å². The fourth-order valence-corrected chi connectivity index (χ4v) is 2.68. The molecule has 1 amide bonds. The minimum atomic E-state index is -0.170. The Bertz CT molecular complexity index is 887. The Morgan fingerprint density at radius 1 is 1.21 bits per heavy atom. The normalized spacial score (nSPS) is 13.9. The number of carbonyl (C=O) groups is 1. The summed E-state index contributed by atoms with van der Waals surface area (Å²) < 4.78 is 2.03. The number of aromatic amines is 1. The minimum Gasteiger partial charge on any atom is -0.338 e. The van der Waals surface area contributed by atoms with E-state index >= 15 is 0 Å². The molecular weight excluding hydrogens is 302 g/mol. The van der Waals surface area contributed by atoms with Crippen LogP contribution in [0.5, 0.6) is 0 Å². The molecular formula is C18H19N5O. The highest BCUT2D eigenvalue weighted by Crippen LogP contribution is 2.38. The van der Waals surface area contributed by atoms with Gasteiger partial charge in [0.05, 0.1) is 18.2 Å². The van der Waals surface area contributed by atoms with Gasteiger partial charge in [0.15, 0.2) is 0 Å². The highest BCUT2D eigenvalue weighted by molar-refractivity contribution is 6.02. The molecule has 2 aromatic heterocycles. The van der Waals surface area contributed by atoms with E-state index in [0.29, 0.717) is 11.6 Å². The first-order chi connectivity index (χ1) is 11.6. The minimum absolute atomic E-state index is 0.170. The van der Waals surface area contributed by atoms with Crippen LogP contribution in [0, 0.1) is 13.8 Å². The maximum atomic E-state index is 12.3. The molecule has 1 aliphatic carbocycles. The molecule has 0 atom stereocenters. The fourth-order valence-electron chi connectivity index (χ4n) is 2.68. The zero-order valence-electron chi connectivity index (χ0n) is 13.7. The molecule has 2 heterocycles. The first-order valence-corrected chi connectivity index (χ1v) is 8.09. The van der Waals surface area contributed by atoms with E-state index in [9.17, 15) is 4.79 Å². The lowest BCUT2D eigenvalue weighted by molar-refractivity contribution is 0.102. The molecule has 6 heteroatoms. The lowest BCUT2D eigenvalue weighted by Gasteiger charge is -2.08. The Morgan fingerprint density at radius 3 is 2.58 bits per heavy atom. The van der Waals surface area contributed by atoms with Crippen molar-refractivity contribution in [3.8, 4) is 5.69 Å². The maximum absolute atomic E-state index is 12.3. The lowest BCUT2D eigenvalue weighted by atomic mass is 10.2. The predicted molar refractivity (Wildman–Crippen MR) is 91.6 cm³/mol. The number of rotatable bonds is 4. The van der Waals surface area contributed by atoms with Crippen molar-refractivity contribution in [3.05, 3.63) is 59.7 Å². The van der Waals surface area contributed by atoms with Crippen LogP contribution >= 0.6 is 0 Å². The number of H-pyrrole nitrogens is 1. The van der Waals surface area contributed by atoms with Crippen molar-refractivity contribution in [2.75, 3.05) is 5.32 Å². The van der Waals surface area contributed by atoms with Gasteiger partial charge in [0.25, 0.3) is 5.91 Å². The summed E-state index contributed by atoms with van der Waals surface area (Å²) in [4.78, 5) is 24.0. The maximum Gasteiger partial charge on any atom is 0.273 e. The smallest absolute Gasteiger partial charge is 0.273 e. The Balaban J connectivity index is 1.48. The number of hydrogen-bond donors (Lipinski definition) is 2. The third-order valence-electron chi connectivity index (χ3n) is 4.46.